The van der Waals surface area contributed by atoms with Crippen LogP contribution in [0.3, 0.4) is 0 Å². The number of aliphatic imine (C=N–C) groups is 4. The number of nitrogens with zero attached hydrogens (tertiary/aromatic N) is 5. The SMILES string of the molecule is OCc1ccc(C2=CC3=NC2=CC2=NC(=CC4=NC(=CC5=NC(=C3)C=C5)C=C4)C=C2)cn1. The van der Waals surface area contributed by atoms with E-state index in [1.807, 2.05) is 79.0 Å². The summed E-state index contributed by atoms with van der Waals surface area (Å²) in [6.45, 7) is -0.0874. The second kappa shape index (κ2) is 7.44. The highest BCUT2D eigenvalue weighted by atomic mass is 16.3. The Morgan fingerprint density at radius 1 is 0.594 bits per heavy atom. The third-order valence-corrected chi connectivity index (χ3v) is 5.34. The fourth-order valence-corrected chi connectivity index (χ4v) is 3.81. The zero-order chi connectivity index (χ0) is 21.5. The van der Waals surface area contributed by atoms with Gasteiger partial charge in [0.05, 0.1) is 57.9 Å². The van der Waals surface area contributed by atoms with E-state index >= 15 is 0 Å². The quantitative estimate of drug-likeness (QED) is 0.792. The van der Waals surface area contributed by atoms with Gasteiger partial charge in [-0.05, 0) is 72.9 Å². The van der Waals surface area contributed by atoms with Crippen molar-refractivity contribution in [2.45, 2.75) is 6.61 Å². The van der Waals surface area contributed by atoms with E-state index in [9.17, 15) is 5.11 Å². The molecule has 1 N–H and O–H groups in total. The van der Waals surface area contributed by atoms with Gasteiger partial charge in [-0.25, -0.2) is 20.0 Å². The molecule has 5 aliphatic rings. The molecule has 0 atom stereocenters. The van der Waals surface area contributed by atoms with E-state index in [1.165, 1.54) is 0 Å². The smallest absolute Gasteiger partial charge is 0.0852 e. The molecule has 5 aliphatic heterocycles. The zero-order valence-corrected chi connectivity index (χ0v) is 17.0. The number of hydrogen-bond acceptors (Lipinski definition) is 6. The van der Waals surface area contributed by atoms with Crippen molar-refractivity contribution >= 4 is 28.4 Å². The average molecular weight is 415 g/mol. The van der Waals surface area contributed by atoms with E-state index < -0.39 is 0 Å². The first kappa shape index (κ1) is 18.5. The third kappa shape index (κ3) is 3.53. The zero-order valence-electron chi connectivity index (χ0n) is 17.0. The van der Waals surface area contributed by atoms with Gasteiger partial charge >= 0.3 is 0 Å². The van der Waals surface area contributed by atoms with E-state index in [4.69, 9.17) is 9.98 Å². The van der Waals surface area contributed by atoms with Crippen LogP contribution >= 0.6 is 0 Å². The Labute approximate surface area is 184 Å². The number of hydrogen-bond donors (Lipinski definition) is 1. The first-order valence-corrected chi connectivity index (χ1v) is 10.3. The van der Waals surface area contributed by atoms with Gasteiger partial charge in [0.1, 0.15) is 0 Å². The molecular formula is C26H17N5O. The minimum Gasteiger partial charge on any atom is -0.390 e. The monoisotopic (exact) mass is 415 g/mol. The first-order valence-electron chi connectivity index (χ1n) is 10.3. The van der Waals surface area contributed by atoms with E-state index in [0.29, 0.717) is 5.69 Å². The summed E-state index contributed by atoms with van der Waals surface area (Å²) in [6, 6.07) is 3.77. The summed E-state index contributed by atoms with van der Waals surface area (Å²) in [5, 5.41) is 9.31. The van der Waals surface area contributed by atoms with Crippen molar-refractivity contribution in [2.75, 3.05) is 0 Å². The van der Waals surface area contributed by atoms with Crippen molar-refractivity contribution in [1.82, 2.24) is 4.98 Å². The minimum atomic E-state index is -0.0874. The van der Waals surface area contributed by atoms with Crippen LogP contribution in [0.25, 0.3) is 5.57 Å². The van der Waals surface area contributed by atoms with Gasteiger partial charge in [-0.2, -0.15) is 0 Å². The fourth-order valence-electron chi connectivity index (χ4n) is 3.81. The molecule has 0 saturated heterocycles. The van der Waals surface area contributed by atoms with Crippen molar-refractivity contribution in [2.24, 2.45) is 20.0 Å². The van der Waals surface area contributed by atoms with Crippen LogP contribution in [0, 0.1) is 0 Å². The number of fused-ring (bicyclic) bond motifs is 4. The van der Waals surface area contributed by atoms with Gasteiger partial charge in [-0.3, -0.25) is 4.98 Å². The largest absolute Gasteiger partial charge is 0.390 e. The summed E-state index contributed by atoms with van der Waals surface area (Å²) >= 11 is 0. The maximum atomic E-state index is 9.31. The predicted molar refractivity (Wildman–Crippen MR) is 128 cm³/mol. The highest BCUT2D eigenvalue weighted by Gasteiger charge is 2.18. The molecule has 1 aromatic heterocycles. The molecule has 0 amide bonds. The molecule has 6 heteroatoms. The highest BCUT2D eigenvalue weighted by Crippen LogP contribution is 2.31. The van der Waals surface area contributed by atoms with E-state index in [0.717, 1.165) is 56.8 Å². The molecule has 6 rings (SSSR count). The van der Waals surface area contributed by atoms with E-state index in [-0.39, 0.29) is 6.61 Å². The van der Waals surface area contributed by atoms with Crippen molar-refractivity contribution in [3.63, 3.8) is 0 Å². The number of aliphatic hydroxyl groups is 1. The normalized spacial score (nSPS) is 20.2. The van der Waals surface area contributed by atoms with Crippen LogP contribution in [0.4, 0.5) is 0 Å². The van der Waals surface area contributed by atoms with Gasteiger partial charge < -0.3 is 5.11 Å². The summed E-state index contributed by atoms with van der Waals surface area (Å²) in [4.78, 5) is 23.2. The Bertz CT molecular complexity index is 1410. The average Bonchev–Trinajstić information content (AvgIpc) is 3.59. The summed E-state index contributed by atoms with van der Waals surface area (Å²) in [5.74, 6) is 0. The maximum Gasteiger partial charge on any atom is 0.0852 e. The van der Waals surface area contributed by atoms with Gasteiger partial charge in [0.25, 0.3) is 0 Å². The molecule has 0 fully saturated rings. The number of allylic oxidation sites excluding steroid dienone is 12. The Hall–Kier alpha value is -4.29. The lowest BCUT2D eigenvalue weighted by Gasteiger charge is -2.04. The molecule has 0 unspecified atom stereocenters. The number of aromatic nitrogens is 1. The molecule has 6 nitrogen and oxygen atoms in total. The molecule has 8 bridgehead atoms. The topological polar surface area (TPSA) is 82.6 Å². The lowest BCUT2D eigenvalue weighted by Crippen LogP contribution is -1.93. The number of pyridine rings is 1. The Morgan fingerprint density at radius 2 is 1.19 bits per heavy atom. The predicted octanol–water partition coefficient (Wildman–Crippen LogP) is 3.99. The van der Waals surface area contributed by atoms with Gasteiger partial charge in [-0.15, -0.1) is 0 Å². The molecule has 32 heavy (non-hydrogen) atoms. The van der Waals surface area contributed by atoms with Crippen LogP contribution in [0.2, 0.25) is 0 Å². The van der Waals surface area contributed by atoms with Crippen LogP contribution in [0.5, 0.6) is 0 Å². The molecule has 1 aromatic rings. The van der Waals surface area contributed by atoms with Gasteiger partial charge in [-0.1, -0.05) is 6.07 Å². The van der Waals surface area contributed by atoms with Gasteiger partial charge in [0, 0.05) is 17.3 Å². The number of aliphatic hydroxyl groups excluding tert-OH is 1. The summed E-state index contributed by atoms with van der Waals surface area (Å²) < 4.78 is 0. The minimum absolute atomic E-state index is 0.0874. The second-order valence-corrected chi connectivity index (χ2v) is 7.64. The molecule has 0 spiro atoms. The van der Waals surface area contributed by atoms with E-state index in [2.05, 4.69) is 15.0 Å². The Balaban J connectivity index is 1.48. The van der Waals surface area contributed by atoms with Crippen molar-refractivity contribution < 1.29 is 5.11 Å². The van der Waals surface area contributed by atoms with Crippen LogP contribution in [-0.4, -0.2) is 32.9 Å². The molecule has 0 aliphatic carbocycles. The highest BCUT2D eigenvalue weighted by molar-refractivity contribution is 6.19. The third-order valence-electron chi connectivity index (χ3n) is 5.34. The van der Waals surface area contributed by atoms with Crippen LogP contribution in [-0.2, 0) is 6.61 Å². The van der Waals surface area contributed by atoms with Crippen molar-refractivity contribution in [1.29, 1.82) is 0 Å². The fraction of sp³-hybridized carbons (Fsp3) is 0.0385. The van der Waals surface area contributed by atoms with Crippen LogP contribution in [0.15, 0.2) is 128 Å². The molecule has 0 radical (unpaired) electrons. The first-order chi connectivity index (χ1) is 15.7. The van der Waals surface area contributed by atoms with Crippen LogP contribution < -0.4 is 0 Å². The van der Waals surface area contributed by atoms with Gasteiger partial charge in [0.15, 0.2) is 0 Å². The summed E-state index contributed by atoms with van der Waals surface area (Å²) in [6.07, 6.45) is 23.5. The standard InChI is InChI=1S/C26H17N5O/c32-15-23-2-1-16(14-27-23)25-12-24-11-21-6-5-19(29-21)9-17-3-4-18(28-17)10-20-7-8-22(30-20)13-26(25)31-24/h1-14,32H,15H2. The van der Waals surface area contributed by atoms with E-state index in [1.54, 1.807) is 6.20 Å². The molecular weight excluding hydrogens is 398 g/mol. The molecule has 6 heterocycles. The maximum absolute atomic E-state index is 9.31. The molecule has 0 saturated carbocycles. The Morgan fingerprint density at radius 3 is 1.75 bits per heavy atom. The van der Waals surface area contributed by atoms with Crippen molar-refractivity contribution in [3.8, 4) is 0 Å². The van der Waals surface area contributed by atoms with Gasteiger partial charge in [0.2, 0.25) is 0 Å². The molecule has 0 aromatic carbocycles. The second-order valence-electron chi connectivity index (χ2n) is 7.64. The Kier molecular flexibility index (Phi) is 4.30. The number of rotatable bonds is 2. The lowest BCUT2D eigenvalue weighted by atomic mass is 10.0. The van der Waals surface area contributed by atoms with Crippen molar-refractivity contribution in [3.05, 3.63) is 119 Å². The summed E-state index contributed by atoms with van der Waals surface area (Å²) in [7, 11) is 0. The molecule has 152 valence electrons. The summed E-state index contributed by atoms with van der Waals surface area (Å²) in [5.41, 5.74) is 9.18. The van der Waals surface area contributed by atoms with Crippen LogP contribution in [0.1, 0.15) is 11.3 Å². The lowest BCUT2D eigenvalue weighted by molar-refractivity contribution is 0.277.